The van der Waals surface area contributed by atoms with Crippen LogP contribution in [0.4, 0.5) is 5.69 Å². The number of benzene rings is 2. The molecule has 0 saturated carbocycles. The van der Waals surface area contributed by atoms with Gasteiger partial charge in [-0.1, -0.05) is 19.1 Å². The van der Waals surface area contributed by atoms with Crippen LogP contribution in [0.3, 0.4) is 0 Å². The Labute approximate surface area is 159 Å². The van der Waals surface area contributed by atoms with Crippen molar-refractivity contribution in [1.82, 2.24) is 4.90 Å². The third kappa shape index (κ3) is 4.01. The number of anilines is 1. The molecule has 1 aliphatic rings. The minimum Gasteiger partial charge on any atom is -0.367 e. The molecule has 1 fully saturated rings. The van der Waals surface area contributed by atoms with Gasteiger partial charge in [0.25, 0.3) is 5.91 Å². The number of Topliss-reactive ketones (excluding diaryl/α,β-unsaturated/α-hetero) is 1. The van der Waals surface area contributed by atoms with Gasteiger partial charge in [0.1, 0.15) is 0 Å². The molecule has 1 amide bonds. The van der Waals surface area contributed by atoms with Crippen LogP contribution in [0.2, 0.25) is 0 Å². The van der Waals surface area contributed by atoms with Gasteiger partial charge in [-0.15, -0.1) is 0 Å². The van der Waals surface area contributed by atoms with Crippen LogP contribution < -0.4 is 4.90 Å². The number of piperazine rings is 1. The van der Waals surface area contributed by atoms with Crippen LogP contribution in [0.5, 0.6) is 0 Å². The summed E-state index contributed by atoms with van der Waals surface area (Å²) in [7, 11) is 0. The highest BCUT2D eigenvalue weighted by Gasteiger charge is 2.24. The molecule has 5 heteroatoms. The number of ketones is 1. The first-order valence-electron chi connectivity index (χ1n) is 9.21. The van der Waals surface area contributed by atoms with E-state index in [2.05, 4.69) is 17.9 Å². The Kier molecular flexibility index (Phi) is 5.56. The molecule has 0 radical (unpaired) electrons. The molecule has 5 nitrogen and oxygen atoms in total. The minimum absolute atomic E-state index is 0.0241. The van der Waals surface area contributed by atoms with Gasteiger partial charge in [-0.3, -0.25) is 9.59 Å². The Morgan fingerprint density at radius 3 is 2.26 bits per heavy atom. The topological polar surface area (TPSA) is 64.4 Å². The van der Waals surface area contributed by atoms with E-state index >= 15 is 0 Å². The Bertz CT molecular complexity index is 889. The van der Waals surface area contributed by atoms with E-state index in [-0.39, 0.29) is 11.7 Å². The van der Waals surface area contributed by atoms with E-state index in [0.29, 0.717) is 42.9 Å². The zero-order valence-corrected chi connectivity index (χ0v) is 15.7. The maximum atomic E-state index is 12.7. The summed E-state index contributed by atoms with van der Waals surface area (Å²) in [5.74, 6) is 0.0129. The molecule has 0 N–H and O–H groups in total. The monoisotopic (exact) mass is 361 g/mol. The molecule has 0 unspecified atom stereocenters. The van der Waals surface area contributed by atoms with Crippen molar-refractivity contribution in [3.63, 3.8) is 0 Å². The van der Waals surface area contributed by atoms with Crippen molar-refractivity contribution in [2.45, 2.75) is 20.3 Å². The molecule has 0 aliphatic carbocycles. The highest BCUT2D eigenvalue weighted by molar-refractivity contribution is 6.00. The maximum absolute atomic E-state index is 12.7. The van der Waals surface area contributed by atoms with Crippen LogP contribution in [0.25, 0.3) is 0 Å². The fourth-order valence-corrected chi connectivity index (χ4v) is 3.38. The fourth-order valence-electron chi connectivity index (χ4n) is 3.38. The lowest BCUT2D eigenvalue weighted by molar-refractivity contribution is 0.0746. The van der Waals surface area contributed by atoms with Crippen LogP contribution >= 0.6 is 0 Å². The van der Waals surface area contributed by atoms with E-state index in [9.17, 15) is 9.59 Å². The molecular formula is C22H23N3O2. The number of carbonyl (C=O) groups is 2. The van der Waals surface area contributed by atoms with E-state index < -0.39 is 0 Å². The number of nitriles is 1. The smallest absolute Gasteiger partial charge is 0.253 e. The van der Waals surface area contributed by atoms with Crippen LogP contribution in [0, 0.1) is 11.3 Å². The average molecular weight is 361 g/mol. The van der Waals surface area contributed by atoms with Crippen LogP contribution in [-0.2, 0) is 6.42 Å². The number of aryl methyl sites for hydroxylation is 1. The van der Waals surface area contributed by atoms with Gasteiger partial charge in [-0.25, -0.2) is 0 Å². The van der Waals surface area contributed by atoms with Gasteiger partial charge in [0.15, 0.2) is 5.78 Å². The molecule has 0 aromatic heterocycles. The quantitative estimate of drug-likeness (QED) is 0.784. The maximum Gasteiger partial charge on any atom is 0.253 e. The van der Waals surface area contributed by atoms with Gasteiger partial charge in [-0.05, 0) is 49.2 Å². The summed E-state index contributed by atoms with van der Waals surface area (Å²) in [5, 5.41) is 9.16. The molecule has 3 rings (SSSR count). The number of hydrogen-bond acceptors (Lipinski definition) is 4. The van der Waals surface area contributed by atoms with Gasteiger partial charge >= 0.3 is 0 Å². The molecule has 1 aliphatic heterocycles. The van der Waals surface area contributed by atoms with E-state index in [4.69, 9.17) is 5.26 Å². The van der Waals surface area contributed by atoms with Crippen LogP contribution in [0.15, 0.2) is 42.5 Å². The summed E-state index contributed by atoms with van der Waals surface area (Å²) in [6.45, 7) is 6.06. The molecule has 2 aromatic carbocycles. The van der Waals surface area contributed by atoms with E-state index in [1.165, 1.54) is 12.5 Å². The van der Waals surface area contributed by atoms with Crippen molar-refractivity contribution in [2.75, 3.05) is 31.1 Å². The minimum atomic E-state index is -0.0241. The number of nitrogens with zero attached hydrogens (tertiary/aromatic N) is 3. The molecule has 1 saturated heterocycles. The first-order chi connectivity index (χ1) is 13.0. The fraction of sp³-hybridized carbons (Fsp3) is 0.318. The van der Waals surface area contributed by atoms with Crippen molar-refractivity contribution in [2.24, 2.45) is 0 Å². The zero-order valence-electron chi connectivity index (χ0n) is 15.7. The van der Waals surface area contributed by atoms with E-state index in [0.717, 1.165) is 12.1 Å². The lowest BCUT2D eigenvalue weighted by atomic mass is 10.0. The van der Waals surface area contributed by atoms with Crippen LogP contribution in [-0.4, -0.2) is 42.8 Å². The number of amides is 1. The summed E-state index contributed by atoms with van der Waals surface area (Å²) in [6, 6.07) is 15.0. The highest BCUT2D eigenvalue weighted by Crippen LogP contribution is 2.24. The van der Waals surface area contributed by atoms with Crippen molar-refractivity contribution >= 4 is 17.4 Å². The lowest BCUT2D eigenvalue weighted by Gasteiger charge is -2.37. The first-order valence-corrected chi connectivity index (χ1v) is 9.21. The zero-order chi connectivity index (χ0) is 19.4. The van der Waals surface area contributed by atoms with Gasteiger partial charge in [0, 0.05) is 43.0 Å². The molecule has 2 aromatic rings. The van der Waals surface area contributed by atoms with Gasteiger partial charge in [0.2, 0.25) is 0 Å². The van der Waals surface area contributed by atoms with Crippen molar-refractivity contribution in [3.8, 4) is 6.07 Å². The summed E-state index contributed by atoms with van der Waals surface area (Å²) >= 11 is 0. The van der Waals surface area contributed by atoms with Gasteiger partial charge in [0.05, 0.1) is 11.6 Å². The summed E-state index contributed by atoms with van der Waals surface area (Å²) in [6.07, 6.45) is 0.952. The summed E-state index contributed by atoms with van der Waals surface area (Å²) < 4.78 is 0. The largest absolute Gasteiger partial charge is 0.367 e. The number of rotatable bonds is 4. The summed E-state index contributed by atoms with van der Waals surface area (Å²) in [5.41, 5.74) is 3.84. The Morgan fingerprint density at radius 2 is 1.70 bits per heavy atom. The Hall–Kier alpha value is -3.13. The molecule has 27 heavy (non-hydrogen) atoms. The number of hydrogen-bond donors (Lipinski definition) is 0. The molecule has 1 heterocycles. The van der Waals surface area contributed by atoms with Gasteiger partial charge in [-0.2, -0.15) is 5.26 Å². The van der Waals surface area contributed by atoms with E-state index in [1.807, 2.05) is 29.2 Å². The molecule has 0 spiro atoms. The molecular weight excluding hydrogens is 338 g/mol. The SMILES string of the molecule is CCc1ccc(C(=O)N2CCN(c3cc(C#N)ccc3C(C)=O)CC2)cc1. The Morgan fingerprint density at radius 1 is 1.04 bits per heavy atom. The molecule has 0 atom stereocenters. The highest BCUT2D eigenvalue weighted by atomic mass is 16.2. The van der Waals surface area contributed by atoms with Crippen LogP contribution in [0.1, 0.15) is 45.7 Å². The third-order valence-electron chi connectivity index (χ3n) is 5.02. The lowest BCUT2D eigenvalue weighted by Crippen LogP contribution is -2.49. The number of carbonyl (C=O) groups excluding carboxylic acids is 2. The first kappa shape index (κ1) is 18.7. The summed E-state index contributed by atoms with van der Waals surface area (Å²) in [4.78, 5) is 28.6. The van der Waals surface area contributed by atoms with Crippen molar-refractivity contribution < 1.29 is 9.59 Å². The Balaban J connectivity index is 1.72. The predicted molar refractivity (Wildman–Crippen MR) is 105 cm³/mol. The van der Waals surface area contributed by atoms with Gasteiger partial charge < -0.3 is 9.80 Å². The predicted octanol–water partition coefficient (Wildman–Crippen LogP) is 3.29. The molecule has 138 valence electrons. The molecule has 0 bridgehead atoms. The third-order valence-corrected chi connectivity index (χ3v) is 5.02. The second kappa shape index (κ2) is 8.05. The second-order valence-electron chi connectivity index (χ2n) is 6.73. The van der Waals surface area contributed by atoms with E-state index in [1.54, 1.807) is 18.2 Å². The average Bonchev–Trinajstić information content (AvgIpc) is 2.72. The second-order valence-corrected chi connectivity index (χ2v) is 6.73. The standard InChI is InChI=1S/C22H23N3O2/c1-3-17-4-7-19(8-5-17)22(27)25-12-10-24(11-13-25)21-14-18(15-23)6-9-20(21)16(2)26/h4-9,14H,3,10-13H2,1-2H3. The van der Waals surface area contributed by atoms with Crippen molar-refractivity contribution in [1.29, 1.82) is 5.26 Å². The normalized spacial score (nSPS) is 14.0. The van der Waals surface area contributed by atoms with Crippen molar-refractivity contribution in [3.05, 3.63) is 64.7 Å².